The Morgan fingerprint density at radius 2 is 1.37 bits per heavy atom. The van der Waals surface area contributed by atoms with E-state index in [2.05, 4.69) is 52.8 Å². The minimum absolute atomic E-state index is 0.0562. The molecule has 11 bridgehead atoms. The Bertz CT molecular complexity index is 5270. The average Bonchev–Trinajstić information content (AvgIpc) is 0.766. The van der Waals surface area contributed by atoms with Gasteiger partial charge in [0.05, 0.1) is 41.3 Å². The zero-order valence-electron chi connectivity index (χ0n) is 64.5. The number of nitrogens with zero attached hydrogens (tertiary/aromatic N) is 2. The average molecular weight is 1740 g/mol. The van der Waals surface area contributed by atoms with E-state index < -0.39 is 265 Å². The van der Waals surface area contributed by atoms with E-state index in [-0.39, 0.29) is 64.9 Å². The first kappa shape index (κ1) is 88.9. The van der Waals surface area contributed by atoms with Crippen molar-refractivity contribution in [2.75, 3.05) is 25.5 Å². The third-order valence-electron chi connectivity index (χ3n) is 20.9. The molecule has 7 aliphatic heterocycles. The molecule has 121 heavy (non-hydrogen) atoms. The van der Waals surface area contributed by atoms with Gasteiger partial charge in [-0.15, -0.1) is 0 Å². The number of benzene rings is 6. The summed E-state index contributed by atoms with van der Waals surface area (Å²) in [5.74, 6) is -18.4. The Kier molecular flexibility index (Phi) is 27.1. The lowest BCUT2D eigenvalue weighted by atomic mass is 9.85. The van der Waals surface area contributed by atoms with Crippen LogP contribution in [0, 0.1) is 11.7 Å². The molecule has 2 fully saturated rings. The Hall–Kier alpha value is -11.4. The Morgan fingerprint density at radius 3 is 1.99 bits per heavy atom. The second-order valence-electron chi connectivity index (χ2n) is 30.0. The van der Waals surface area contributed by atoms with E-state index in [1.54, 1.807) is 20.8 Å². The van der Waals surface area contributed by atoms with Crippen molar-refractivity contribution in [1.29, 1.82) is 0 Å². The normalized spacial score (nSPS) is 26.4. The van der Waals surface area contributed by atoms with Gasteiger partial charge in [-0.25, -0.2) is 14.0 Å². The van der Waals surface area contributed by atoms with Crippen LogP contribution in [0.2, 0.25) is 15.1 Å². The molecule has 7 aliphatic rings. The van der Waals surface area contributed by atoms with Crippen LogP contribution in [-0.4, -0.2) is 213 Å². The van der Waals surface area contributed by atoms with Crippen molar-refractivity contribution in [1.82, 2.24) is 52.1 Å². The van der Waals surface area contributed by atoms with Gasteiger partial charge in [-0.3, -0.25) is 42.9 Å². The number of aliphatic hydroxyl groups excluding tert-OH is 6. The molecule has 42 heteroatoms. The molecule has 8 heterocycles. The highest BCUT2D eigenvalue weighted by molar-refractivity contribution is 6.32. The van der Waals surface area contributed by atoms with Gasteiger partial charge in [-0.2, -0.15) is 4.98 Å². The monoisotopic (exact) mass is 1740 g/mol. The van der Waals surface area contributed by atoms with Gasteiger partial charge in [0.15, 0.2) is 29.9 Å². The number of primary amides is 1. The van der Waals surface area contributed by atoms with Crippen molar-refractivity contribution >= 4 is 93.8 Å². The molecule has 18 atom stereocenters. The molecule has 21 N–H and O–H groups in total. The highest BCUT2D eigenvalue weighted by atomic mass is 35.5. The van der Waals surface area contributed by atoms with Crippen molar-refractivity contribution < 1.29 is 127 Å². The number of aliphatic carboxylic acids is 1. The lowest BCUT2D eigenvalue weighted by Crippen LogP contribution is -2.65. The number of aromatic hydroxyl groups is 3. The number of likely N-dealkylation sites (N-methyl/N-ethyl adjacent to an activating group) is 1. The number of halogens is 4. The number of carbonyl (C=O) groups excluding carboxylic acids is 8. The van der Waals surface area contributed by atoms with Gasteiger partial charge in [-0.05, 0) is 134 Å². The number of nitrogens with one attached hydrogen (secondary N) is 9. The molecule has 2 unspecified atom stereocenters. The smallest absolute Gasteiger partial charge is 0.349 e. The number of phenols is 3. The van der Waals surface area contributed by atoms with Gasteiger partial charge >= 0.3 is 11.7 Å². The largest absolute Gasteiger partial charge is 0.508 e. The summed E-state index contributed by atoms with van der Waals surface area (Å²) in [6.07, 6.45) is -18.4. The van der Waals surface area contributed by atoms with Crippen LogP contribution in [0.15, 0.2) is 114 Å². The maximum atomic E-state index is 16.2. The summed E-state index contributed by atoms with van der Waals surface area (Å²) in [4.78, 5) is 148. The fraction of sp³-hybridized carbons (Fsp3) is 0.380. The second kappa shape index (κ2) is 36.9. The van der Waals surface area contributed by atoms with Gasteiger partial charge in [0.1, 0.15) is 101 Å². The first-order valence-corrected chi connectivity index (χ1v) is 38.7. The standard InChI is InChI=1S/C79H84Cl3FN12O26/c1-30(2)16-44(85-5)70(107)93-60-62(101)33-7-10-48(42(81)20-33)117-50-22-35-23-51(66(50)121-77-67(65(104)64(103)52(29-96)119-77)120-55-28-79(4,68(105)31(3)116-55)86-13-15-95-14-12-54(89-78(95)115)88-69(106)36-17-37(80)24-38(83)18-36)118-49-11-8-34(21-43(49)82)63(102)61-75(112)92-59(76(113)114)41-25-39(97)26-47(99)56(41)40-19-32(6-9-46(40)98)57(72(109)94-61)91-73(110)58(35)90-71(108)45(27-53(84)100)87-74(60)111/h6-12,14,17-26,30-31,44-45,52,55,57-65,67-68,77,85-86,96-99,101-105H,13,15-16,27-29H2,1-5H3,(H2,84,100)(H,87,111)(H,90,108)(H,91,110)(H,92,112)(H,93,107)(H,94,109)(H,113,114)(H,88,89,106,115)/t31-,44+,45+,52+,55+,57+,58?,59-,60-,61-,62-,63-,64-,65-,67-,68+,77?,79-/m1/s1. The van der Waals surface area contributed by atoms with Crippen LogP contribution in [0.5, 0.6) is 46.0 Å². The molecule has 644 valence electrons. The zero-order chi connectivity index (χ0) is 87.7. The number of carboxylic acid groups (broad SMARTS) is 1. The van der Waals surface area contributed by atoms with Crippen molar-refractivity contribution in [3.8, 4) is 57.1 Å². The van der Waals surface area contributed by atoms with Crippen LogP contribution in [0.4, 0.5) is 10.2 Å². The van der Waals surface area contributed by atoms with Crippen LogP contribution in [0.25, 0.3) is 11.1 Å². The number of phenolic OH excluding ortho intramolecular Hbond substituents is 3. The lowest BCUT2D eigenvalue weighted by molar-refractivity contribution is -0.334. The van der Waals surface area contributed by atoms with Crippen molar-refractivity contribution in [3.63, 3.8) is 0 Å². The fourth-order valence-electron chi connectivity index (χ4n) is 14.6. The third kappa shape index (κ3) is 19.6. The maximum Gasteiger partial charge on any atom is 0.349 e. The number of aliphatic hydroxyl groups is 6. The molecule has 7 aromatic rings. The van der Waals surface area contributed by atoms with Crippen molar-refractivity contribution in [2.24, 2.45) is 11.7 Å². The summed E-state index contributed by atoms with van der Waals surface area (Å²) in [7, 11) is 1.46. The molecule has 0 spiro atoms. The molecule has 0 saturated carbocycles. The lowest BCUT2D eigenvalue weighted by Gasteiger charge is -2.48. The first-order chi connectivity index (χ1) is 57.3. The first-order valence-electron chi connectivity index (χ1n) is 37.6. The Labute approximate surface area is 700 Å². The highest BCUT2D eigenvalue weighted by Gasteiger charge is 2.52. The SMILES string of the molecule is CN[C@@H](CC(C)C)C(=O)N[C@H]1C(=O)N[C@@H](CC(N)=O)C(=O)NC2C(=O)N[C@@H]3C(=O)N[C@@H](C(=O)N[C@@H](C(=O)O)c4cc(O)cc(O)c4-c4cc3ccc4O)[C@H](O)c3ccc(c(Cl)c3)Oc3cc2cc(c3OC2O[C@@H](CO)[C@@H](O)[C@@H](O)[C@H]2O[C@H]2C[C@@](C)(NCCn3ccc(NC(=O)c4cc(F)cc(Cl)c4)nc3=O)[C@@H](O)[C@@H](C)O2)Oc2ccc(cc2Cl)[C@H]1O. The van der Waals surface area contributed by atoms with Crippen LogP contribution < -0.4 is 73.5 Å². The van der Waals surface area contributed by atoms with E-state index >= 15 is 14.4 Å². The molecule has 14 rings (SSSR count). The number of hydrogen-bond acceptors (Lipinski definition) is 28. The third-order valence-corrected chi connectivity index (χ3v) is 21.7. The van der Waals surface area contributed by atoms with E-state index in [0.29, 0.717) is 0 Å². The molecule has 0 aliphatic carbocycles. The predicted molar refractivity (Wildman–Crippen MR) is 421 cm³/mol. The molecule has 6 aromatic carbocycles. The summed E-state index contributed by atoms with van der Waals surface area (Å²) in [5.41, 5.74) is 0.289. The van der Waals surface area contributed by atoms with E-state index in [9.17, 15) is 89.0 Å². The van der Waals surface area contributed by atoms with Crippen LogP contribution >= 0.6 is 34.8 Å². The number of nitrogens with two attached hydrogens (primary N) is 1. The van der Waals surface area contributed by atoms with Gasteiger partial charge in [-0.1, -0.05) is 66.8 Å². The minimum atomic E-state index is -2.41. The number of carboxylic acids is 1. The molecule has 2 saturated heterocycles. The molecule has 38 nitrogen and oxygen atoms in total. The summed E-state index contributed by atoms with van der Waals surface area (Å²) < 4.78 is 54.4. The van der Waals surface area contributed by atoms with Crippen LogP contribution in [0.3, 0.4) is 0 Å². The molecular weight excluding hydrogens is 1660 g/mol. The molecule has 0 radical (unpaired) electrons. The summed E-state index contributed by atoms with van der Waals surface area (Å²) >= 11 is 20.2. The van der Waals surface area contributed by atoms with Gasteiger partial charge in [0, 0.05) is 64.6 Å². The Morgan fingerprint density at radius 1 is 0.727 bits per heavy atom. The zero-order valence-corrected chi connectivity index (χ0v) is 66.8. The fourth-order valence-corrected chi connectivity index (χ4v) is 15.3. The number of amides is 8. The summed E-state index contributed by atoms with van der Waals surface area (Å²) in [6, 6.07) is 3.18. The topological polar surface area (TPSA) is 580 Å². The quantitative estimate of drug-likeness (QED) is 0.0551. The second-order valence-corrected chi connectivity index (χ2v) is 31.2. The summed E-state index contributed by atoms with van der Waals surface area (Å²) in [6.45, 7) is 5.42. The van der Waals surface area contributed by atoms with Crippen molar-refractivity contribution in [3.05, 3.63) is 174 Å². The number of rotatable bonds is 19. The maximum absolute atomic E-state index is 16.2. The van der Waals surface area contributed by atoms with E-state index in [1.165, 1.54) is 42.9 Å². The molecular formula is C79H84Cl3FN12O26. The summed E-state index contributed by atoms with van der Waals surface area (Å²) in [5, 5.41) is 138. The van der Waals surface area contributed by atoms with Gasteiger partial charge in [0.25, 0.3) is 5.91 Å². The number of hydrogen-bond donors (Lipinski definition) is 20. The number of carbonyl (C=O) groups is 9. The van der Waals surface area contributed by atoms with Gasteiger partial charge in [0.2, 0.25) is 53.4 Å². The Balaban J connectivity index is 1.00. The van der Waals surface area contributed by atoms with Crippen LogP contribution in [0.1, 0.15) is 115 Å². The molecule has 1 aromatic heterocycles. The van der Waals surface area contributed by atoms with Crippen molar-refractivity contribution in [2.45, 2.75) is 163 Å². The minimum Gasteiger partial charge on any atom is -0.508 e. The number of ether oxygens (including phenoxy) is 6. The number of anilines is 1. The highest BCUT2D eigenvalue weighted by Crippen LogP contribution is 2.50. The molecule has 8 amide bonds. The van der Waals surface area contributed by atoms with Gasteiger partial charge < -0.3 is 133 Å². The predicted octanol–water partition coefficient (Wildman–Crippen LogP) is 2.04. The van der Waals surface area contributed by atoms with E-state index in [1.807, 2.05) is 0 Å². The number of aromatic nitrogens is 2. The number of fused-ring (bicyclic) bond motifs is 15. The van der Waals surface area contributed by atoms with Crippen LogP contribution in [-0.2, 0) is 59.1 Å². The van der Waals surface area contributed by atoms with E-state index in [4.69, 9.17) is 69.0 Å². The van der Waals surface area contributed by atoms with E-state index in [0.717, 1.165) is 84.9 Å².